The summed E-state index contributed by atoms with van der Waals surface area (Å²) in [6.45, 7) is 3.13. The van der Waals surface area contributed by atoms with Gasteiger partial charge in [0.1, 0.15) is 6.54 Å². The van der Waals surface area contributed by atoms with Gasteiger partial charge in [-0.15, -0.1) is 0 Å². The molecular formula is C22H27N3O5S. The molecule has 9 heteroatoms. The zero-order valence-corrected chi connectivity index (χ0v) is 18.6. The molecule has 2 fully saturated rings. The number of fused-ring (bicyclic) bond motifs is 1. The molecule has 0 radical (unpaired) electrons. The van der Waals surface area contributed by atoms with Gasteiger partial charge in [-0.05, 0) is 49.0 Å². The summed E-state index contributed by atoms with van der Waals surface area (Å²) < 4.78 is 15.8. The number of hydrogen-bond donors (Lipinski definition) is 1. The molecule has 2 aliphatic rings. The van der Waals surface area contributed by atoms with Crippen LogP contribution in [-0.4, -0.2) is 73.7 Å². The van der Waals surface area contributed by atoms with Crippen LogP contribution in [0.1, 0.15) is 29.8 Å². The largest absolute Gasteiger partial charge is 0.493 e. The molecule has 1 aromatic heterocycles. The quantitative estimate of drug-likeness (QED) is 0.568. The van der Waals surface area contributed by atoms with Gasteiger partial charge in [0.15, 0.2) is 22.2 Å². The van der Waals surface area contributed by atoms with Crippen molar-refractivity contribution in [3.63, 3.8) is 0 Å². The van der Waals surface area contributed by atoms with Gasteiger partial charge in [-0.1, -0.05) is 12.1 Å². The van der Waals surface area contributed by atoms with E-state index in [0.717, 1.165) is 37.7 Å². The number of nitrogens with one attached hydrogen (secondary N) is 1. The zero-order valence-electron chi connectivity index (χ0n) is 17.8. The Morgan fingerprint density at radius 3 is 2.55 bits per heavy atom. The van der Waals surface area contributed by atoms with Gasteiger partial charge in [-0.3, -0.25) is 9.59 Å². The van der Waals surface area contributed by atoms with Crippen LogP contribution in [0, 0.1) is 5.41 Å². The number of esters is 1. The Morgan fingerprint density at radius 1 is 1.16 bits per heavy atom. The van der Waals surface area contributed by atoms with Gasteiger partial charge in [-0.25, -0.2) is 0 Å². The lowest BCUT2D eigenvalue weighted by Crippen LogP contribution is -2.46. The van der Waals surface area contributed by atoms with Gasteiger partial charge < -0.3 is 29.0 Å². The Balaban J connectivity index is 1.35. The molecule has 3 heterocycles. The minimum atomic E-state index is -0.341. The Hall–Kier alpha value is -2.81. The Labute approximate surface area is 186 Å². The number of ether oxygens (including phenoxy) is 2. The van der Waals surface area contributed by atoms with Gasteiger partial charge in [0.2, 0.25) is 0 Å². The van der Waals surface area contributed by atoms with Gasteiger partial charge in [0.05, 0.1) is 14.2 Å². The maximum atomic E-state index is 13.0. The van der Waals surface area contributed by atoms with Crippen LogP contribution in [0.5, 0.6) is 5.75 Å². The highest BCUT2D eigenvalue weighted by Crippen LogP contribution is 2.41. The smallest absolute Gasteiger partial charge is 0.325 e. The van der Waals surface area contributed by atoms with E-state index >= 15 is 0 Å². The first kappa shape index (κ1) is 21.4. The monoisotopic (exact) mass is 445 g/mol. The van der Waals surface area contributed by atoms with E-state index in [-0.39, 0.29) is 23.8 Å². The number of para-hydroxylation sites is 1. The minimum Gasteiger partial charge on any atom is -0.493 e. The second kappa shape index (κ2) is 8.74. The topological polar surface area (TPSA) is 84.2 Å². The third-order valence-electron chi connectivity index (χ3n) is 6.39. The zero-order chi connectivity index (χ0) is 22.0. The van der Waals surface area contributed by atoms with Crippen molar-refractivity contribution in [2.45, 2.75) is 19.3 Å². The number of likely N-dealkylation sites (tertiary alicyclic amines) is 2. The lowest BCUT2D eigenvalue weighted by molar-refractivity contribution is -0.139. The lowest BCUT2D eigenvalue weighted by atomic mass is 9.78. The van der Waals surface area contributed by atoms with E-state index < -0.39 is 0 Å². The van der Waals surface area contributed by atoms with Crippen LogP contribution in [0.4, 0.5) is 0 Å². The number of hydrogen-bond acceptors (Lipinski definition) is 6. The average Bonchev–Trinajstić information content (AvgIpc) is 3.42. The van der Waals surface area contributed by atoms with Gasteiger partial charge >= 0.3 is 5.97 Å². The van der Waals surface area contributed by atoms with Crippen molar-refractivity contribution in [2.24, 2.45) is 5.41 Å². The fourth-order valence-corrected chi connectivity index (χ4v) is 4.72. The first-order valence-corrected chi connectivity index (χ1v) is 10.8. The maximum Gasteiger partial charge on any atom is 0.325 e. The summed E-state index contributed by atoms with van der Waals surface area (Å²) in [6.07, 6.45) is 2.85. The van der Waals surface area contributed by atoms with E-state index in [1.165, 1.54) is 7.11 Å². The van der Waals surface area contributed by atoms with E-state index in [1.807, 2.05) is 23.1 Å². The van der Waals surface area contributed by atoms with E-state index in [1.54, 1.807) is 13.2 Å². The van der Waals surface area contributed by atoms with Crippen LogP contribution in [0.25, 0.3) is 11.0 Å². The Morgan fingerprint density at radius 2 is 1.87 bits per heavy atom. The number of thiocarbonyl (C=S) groups is 1. The van der Waals surface area contributed by atoms with E-state index in [0.29, 0.717) is 35.3 Å². The summed E-state index contributed by atoms with van der Waals surface area (Å²) in [5.74, 6) is 0.540. The number of methoxy groups -OCH3 is 2. The molecule has 0 saturated carbocycles. The molecule has 1 aromatic carbocycles. The molecule has 0 atom stereocenters. The van der Waals surface area contributed by atoms with Crippen molar-refractivity contribution >= 4 is 40.2 Å². The predicted molar refractivity (Wildman–Crippen MR) is 119 cm³/mol. The maximum absolute atomic E-state index is 13.0. The molecule has 8 nitrogen and oxygen atoms in total. The summed E-state index contributed by atoms with van der Waals surface area (Å²) >= 11 is 5.43. The van der Waals surface area contributed by atoms with E-state index in [4.69, 9.17) is 21.4 Å². The van der Waals surface area contributed by atoms with Crippen LogP contribution >= 0.6 is 12.2 Å². The fourth-order valence-electron chi connectivity index (χ4n) is 4.49. The molecule has 1 N–H and O–H groups in total. The molecule has 4 rings (SSSR count). The Bertz CT molecular complexity index is 996. The summed E-state index contributed by atoms with van der Waals surface area (Å²) in [6, 6.07) is 7.40. The molecule has 1 amide bonds. The lowest BCUT2D eigenvalue weighted by Gasteiger charge is -2.39. The first-order valence-electron chi connectivity index (χ1n) is 10.4. The minimum absolute atomic E-state index is 0.0728. The molecule has 0 unspecified atom stereocenters. The number of benzene rings is 1. The summed E-state index contributed by atoms with van der Waals surface area (Å²) in [5, 5.41) is 4.40. The molecule has 2 aliphatic heterocycles. The number of carbonyl (C=O) groups is 2. The van der Waals surface area contributed by atoms with Crippen LogP contribution in [0.3, 0.4) is 0 Å². The van der Waals surface area contributed by atoms with Gasteiger partial charge in [0.25, 0.3) is 5.91 Å². The summed E-state index contributed by atoms with van der Waals surface area (Å²) in [5.41, 5.74) is 0.742. The normalized spacial score (nSPS) is 17.7. The van der Waals surface area contributed by atoms with Crippen molar-refractivity contribution in [1.29, 1.82) is 0 Å². The number of amides is 1. The van der Waals surface area contributed by atoms with Crippen molar-refractivity contribution < 1.29 is 23.5 Å². The van der Waals surface area contributed by atoms with Gasteiger partial charge in [0, 0.05) is 31.6 Å². The second-order valence-corrected chi connectivity index (χ2v) is 8.57. The van der Waals surface area contributed by atoms with Crippen LogP contribution in [-0.2, 0) is 9.53 Å². The van der Waals surface area contributed by atoms with Crippen molar-refractivity contribution in [3.8, 4) is 5.75 Å². The van der Waals surface area contributed by atoms with Gasteiger partial charge in [-0.2, -0.15) is 0 Å². The highest BCUT2D eigenvalue weighted by molar-refractivity contribution is 7.80. The number of piperidine rings is 1. The van der Waals surface area contributed by atoms with Crippen molar-refractivity contribution in [1.82, 2.24) is 15.1 Å². The number of nitrogens with zero attached hydrogens (tertiary/aromatic N) is 2. The molecule has 166 valence electrons. The third kappa shape index (κ3) is 4.32. The average molecular weight is 446 g/mol. The molecule has 31 heavy (non-hydrogen) atoms. The number of carbonyl (C=O) groups excluding carboxylic acids is 2. The Kier molecular flexibility index (Phi) is 6.04. The van der Waals surface area contributed by atoms with Crippen molar-refractivity contribution in [3.05, 3.63) is 30.0 Å². The predicted octanol–water partition coefficient (Wildman–Crippen LogP) is 2.42. The molecule has 0 aliphatic carbocycles. The highest BCUT2D eigenvalue weighted by Gasteiger charge is 2.42. The first-order chi connectivity index (χ1) is 14.9. The van der Waals surface area contributed by atoms with E-state index in [2.05, 4.69) is 15.0 Å². The molecule has 0 bridgehead atoms. The van der Waals surface area contributed by atoms with Crippen LogP contribution in [0.2, 0.25) is 0 Å². The standard InChI is InChI=1S/C22H27N3O5S/c1-28-16-5-3-4-15-12-17(30-19(15)16)20(27)24-9-6-22(7-10-24)8-11-25(14-22)21(31)23-13-18(26)29-2/h3-5,12H,6-11,13-14H2,1-2H3,(H,23,31). The molecule has 1 spiro atoms. The summed E-state index contributed by atoms with van der Waals surface area (Å²) in [7, 11) is 2.94. The number of rotatable bonds is 4. The second-order valence-electron chi connectivity index (χ2n) is 8.19. The summed E-state index contributed by atoms with van der Waals surface area (Å²) in [4.78, 5) is 28.3. The molecule has 2 saturated heterocycles. The molecule has 2 aromatic rings. The third-order valence-corrected chi connectivity index (χ3v) is 6.79. The number of furan rings is 1. The molecular weight excluding hydrogens is 418 g/mol. The van der Waals surface area contributed by atoms with E-state index in [9.17, 15) is 9.59 Å². The SMILES string of the molecule is COC(=O)CNC(=S)N1CCC2(CCN(C(=O)c3cc4cccc(OC)c4o3)CC2)C1. The van der Waals surface area contributed by atoms with Crippen molar-refractivity contribution in [2.75, 3.05) is 46.9 Å². The highest BCUT2D eigenvalue weighted by atomic mass is 32.1. The fraction of sp³-hybridized carbons (Fsp3) is 0.500. The van der Waals surface area contributed by atoms with Crippen LogP contribution in [0.15, 0.2) is 28.7 Å². The van der Waals surface area contributed by atoms with Crippen LogP contribution < -0.4 is 10.1 Å².